The van der Waals surface area contributed by atoms with Crippen molar-refractivity contribution in [3.8, 4) is 0 Å². The van der Waals surface area contributed by atoms with Crippen LogP contribution >= 0.6 is 0 Å². The van der Waals surface area contributed by atoms with E-state index in [1.54, 1.807) is 0 Å². The first-order valence-electron chi connectivity index (χ1n) is 6.72. The Morgan fingerprint density at radius 3 is 2.22 bits per heavy atom. The molecule has 0 saturated heterocycles. The first kappa shape index (κ1) is 14.9. The average molecular weight is 247 g/mol. The van der Waals surface area contributed by atoms with Crippen molar-refractivity contribution in [1.29, 1.82) is 0 Å². The number of hydrogen-bond donors (Lipinski definition) is 1. The zero-order valence-electron chi connectivity index (χ0n) is 12.3. The fraction of sp³-hybridized carbons (Fsp3) is 0.562. The van der Waals surface area contributed by atoms with Crippen molar-refractivity contribution >= 4 is 5.78 Å². The van der Waals surface area contributed by atoms with Crippen LogP contribution in [0.5, 0.6) is 0 Å². The molecule has 0 atom stereocenters. The second-order valence-electron chi connectivity index (χ2n) is 5.45. The zero-order valence-corrected chi connectivity index (χ0v) is 12.3. The lowest BCUT2D eigenvalue weighted by molar-refractivity contribution is -0.118. The molecule has 0 fully saturated rings. The molecular weight excluding hydrogens is 222 g/mol. The maximum Gasteiger partial charge on any atom is 0.138 e. The van der Waals surface area contributed by atoms with Gasteiger partial charge in [0.1, 0.15) is 5.78 Å². The third-order valence-corrected chi connectivity index (χ3v) is 3.17. The Morgan fingerprint density at radius 1 is 1.17 bits per heavy atom. The van der Waals surface area contributed by atoms with Gasteiger partial charge in [0.2, 0.25) is 0 Å². The molecule has 0 heterocycles. The molecule has 2 nitrogen and oxygen atoms in total. The largest absolute Gasteiger partial charge is 0.314 e. The Labute approximate surface area is 111 Å². The van der Waals surface area contributed by atoms with Gasteiger partial charge < -0.3 is 5.32 Å². The highest BCUT2D eigenvalue weighted by molar-refractivity contribution is 5.81. The molecule has 0 aliphatic heterocycles. The van der Waals surface area contributed by atoms with Crippen LogP contribution in [-0.4, -0.2) is 18.4 Å². The standard InChI is InChI=1S/C16H25NO/c1-11(2)17-7-6-15(18)10-16-13(4)8-12(3)9-14(16)5/h8-9,11,17H,6-7,10H2,1-5H3. The van der Waals surface area contributed by atoms with Crippen molar-refractivity contribution < 1.29 is 4.79 Å². The quantitative estimate of drug-likeness (QED) is 0.837. The van der Waals surface area contributed by atoms with Crippen LogP contribution in [0.1, 0.15) is 42.5 Å². The second kappa shape index (κ2) is 6.69. The topological polar surface area (TPSA) is 29.1 Å². The van der Waals surface area contributed by atoms with E-state index >= 15 is 0 Å². The third-order valence-electron chi connectivity index (χ3n) is 3.17. The second-order valence-corrected chi connectivity index (χ2v) is 5.45. The maximum absolute atomic E-state index is 11.9. The van der Waals surface area contributed by atoms with Gasteiger partial charge in [-0.1, -0.05) is 31.5 Å². The molecule has 0 spiro atoms. The van der Waals surface area contributed by atoms with Crippen LogP contribution < -0.4 is 5.32 Å². The Hall–Kier alpha value is -1.15. The van der Waals surface area contributed by atoms with Gasteiger partial charge in [-0.25, -0.2) is 0 Å². The number of nitrogens with one attached hydrogen (secondary N) is 1. The summed E-state index contributed by atoms with van der Waals surface area (Å²) in [6, 6.07) is 4.75. The predicted molar refractivity (Wildman–Crippen MR) is 77.1 cm³/mol. The molecule has 0 bridgehead atoms. The molecule has 0 aliphatic carbocycles. The Morgan fingerprint density at radius 2 is 1.72 bits per heavy atom. The number of aryl methyl sites for hydroxylation is 3. The lowest BCUT2D eigenvalue weighted by Crippen LogP contribution is -2.25. The van der Waals surface area contributed by atoms with Gasteiger partial charge in [0.15, 0.2) is 0 Å². The highest BCUT2D eigenvalue weighted by Gasteiger charge is 2.09. The first-order valence-corrected chi connectivity index (χ1v) is 6.72. The molecule has 100 valence electrons. The molecular formula is C16H25NO. The van der Waals surface area contributed by atoms with E-state index in [0.717, 1.165) is 6.54 Å². The van der Waals surface area contributed by atoms with Gasteiger partial charge >= 0.3 is 0 Å². The van der Waals surface area contributed by atoms with Gasteiger partial charge in [0.25, 0.3) is 0 Å². The summed E-state index contributed by atoms with van der Waals surface area (Å²) in [4.78, 5) is 11.9. The summed E-state index contributed by atoms with van der Waals surface area (Å²) in [6.45, 7) is 11.3. The van der Waals surface area contributed by atoms with Crippen molar-refractivity contribution in [2.75, 3.05) is 6.54 Å². The van der Waals surface area contributed by atoms with Crippen molar-refractivity contribution in [3.05, 3.63) is 34.4 Å². The summed E-state index contributed by atoms with van der Waals surface area (Å²) in [7, 11) is 0. The molecule has 1 rings (SSSR count). The van der Waals surface area contributed by atoms with E-state index in [-0.39, 0.29) is 0 Å². The first-order chi connectivity index (χ1) is 8.40. The molecule has 0 aromatic heterocycles. The molecule has 1 aromatic rings. The van der Waals surface area contributed by atoms with E-state index in [2.05, 4.69) is 52.1 Å². The molecule has 0 aliphatic rings. The van der Waals surface area contributed by atoms with Crippen LogP contribution in [0.15, 0.2) is 12.1 Å². The van der Waals surface area contributed by atoms with Gasteiger partial charge in [-0.05, 0) is 37.5 Å². The number of benzene rings is 1. The smallest absolute Gasteiger partial charge is 0.138 e. The zero-order chi connectivity index (χ0) is 13.7. The average Bonchev–Trinajstić information content (AvgIpc) is 2.22. The number of Topliss-reactive ketones (excluding diaryl/α,β-unsaturated/α-hetero) is 1. The van der Waals surface area contributed by atoms with E-state index in [0.29, 0.717) is 24.7 Å². The molecule has 18 heavy (non-hydrogen) atoms. The van der Waals surface area contributed by atoms with Gasteiger partial charge in [0.05, 0.1) is 0 Å². The minimum absolute atomic E-state index is 0.318. The van der Waals surface area contributed by atoms with Crippen LogP contribution in [0, 0.1) is 20.8 Å². The number of hydrogen-bond acceptors (Lipinski definition) is 2. The summed E-state index contributed by atoms with van der Waals surface area (Å²) in [5.74, 6) is 0.318. The highest BCUT2D eigenvalue weighted by Crippen LogP contribution is 2.17. The van der Waals surface area contributed by atoms with Crippen molar-refractivity contribution in [2.24, 2.45) is 0 Å². The number of rotatable bonds is 6. The molecule has 0 radical (unpaired) electrons. The highest BCUT2D eigenvalue weighted by atomic mass is 16.1. The van der Waals surface area contributed by atoms with Gasteiger partial charge in [-0.3, -0.25) is 4.79 Å². The lowest BCUT2D eigenvalue weighted by Gasteiger charge is -2.11. The van der Waals surface area contributed by atoms with Gasteiger partial charge in [-0.2, -0.15) is 0 Å². The van der Waals surface area contributed by atoms with Crippen molar-refractivity contribution in [3.63, 3.8) is 0 Å². The van der Waals surface area contributed by atoms with Crippen LogP contribution in [0.3, 0.4) is 0 Å². The van der Waals surface area contributed by atoms with Crippen molar-refractivity contribution in [1.82, 2.24) is 5.32 Å². The normalized spacial score (nSPS) is 11.0. The minimum Gasteiger partial charge on any atom is -0.314 e. The van der Waals surface area contributed by atoms with E-state index in [4.69, 9.17) is 0 Å². The molecule has 2 heteroatoms. The molecule has 0 amide bonds. The van der Waals surface area contributed by atoms with Gasteiger partial charge in [-0.15, -0.1) is 0 Å². The molecule has 0 unspecified atom stereocenters. The summed E-state index contributed by atoms with van der Waals surface area (Å²) in [6.07, 6.45) is 1.18. The molecule has 1 aromatic carbocycles. The van der Waals surface area contributed by atoms with Crippen LogP contribution in [0.2, 0.25) is 0 Å². The van der Waals surface area contributed by atoms with Crippen LogP contribution in [0.4, 0.5) is 0 Å². The minimum atomic E-state index is 0.318. The Bertz CT molecular complexity index is 398. The summed E-state index contributed by atoms with van der Waals surface area (Å²) >= 11 is 0. The number of carbonyl (C=O) groups excluding carboxylic acids is 1. The lowest BCUT2D eigenvalue weighted by atomic mass is 9.95. The van der Waals surface area contributed by atoms with Crippen LogP contribution in [-0.2, 0) is 11.2 Å². The van der Waals surface area contributed by atoms with Crippen LogP contribution in [0.25, 0.3) is 0 Å². The fourth-order valence-corrected chi connectivity index (χ4v) is 2.27. The van der Waals surface area contributed by atoms with E-state index < -0.39 is 0 Å². The molecule has 0 saturated carbocycles. The van der Waals surface area contributed by atoms with E-state index in [1.165, 1.54) is 22.3 Å². The summed E-state index contributed by atoms with van der Waals surface area (Å²) in [5.41, 5.74) is 4.94. The van der Waals surface area contributed by atoms with E-state index in [9.17, 15) is 4.79 Å². The third kappa shape index (κ3) is 4.61. The Kier molecular flexibility index (Phi) is 5.54. The molecule has 1 N–H and O–H groups in total. The van der Waals surface area contributed by atoms with Gasteiger partial charge in [0, 0.05) is 25.4 Å². The van der Waals surface area contributed by atoms with Crippen molar-refractivity contribution in [2.45, 2.75) is 53.5 Å². The number of carbonyl (C=O) groups is 1. The summed E-state index contributed by atoms with van der Waals surface area (Å²) in [5, 5.41) is 3.28. The SMILES string of the molecule is Cc1cc(C)c(CC(=O)CCNC(C)C)c(C)c1. The van der Waals surface area contributed by atoms with E-state index in [1.807, 2.05) is 0 Å². The Balaban J connectivity index is 2.59. The maximum atomic E-state index is 11.9. The summed E-state index contributed by atoms with van der Waals surface area (Å²) < 4.78 is 0. The number of ketones is 1. The predicted octanol–water partition coefficient (Wildman–Crippen LogP) is 3.11. The monoisotopic (exact) mass is 247 g/mol. The fourth-order valence-electron chi connectivity index (χ4n) is 2.27.